The Bertz CT molecular complexity index is 1120. The van der Waals surface area contributed by atoms with Crippen LogP contribution in [0.15, 0.2) is 78.9 Å². The number of carbonyl (C=O) groups excluding carboxylic acids is 2. The first-order chi connectivity index (χ1) is 16.6. The van der Waals surface area contributed by atoms with Crippen LogP contribution in [-0.2, 0) is 22.6 Å². The lowest BCUT2D eigenvalue weighted by atomic mass is 9.87. The van der Waals surface area contributed by atoms with Gasteiger partial charge in [-0.05, 0) is 29.3 Å². The zero-order chi connectivity index (χ0) is 23.9. The normalized spacial score (nSPS) is 17.3. The molecule has 0 aromatic heterocycles. The number of nitrogens with zero attached hydrogens (tertiary/aromatic N) is 1. The molecule has 2 unspecified atom stereocenters. The van der Waals surface area contributed by atoms with Gasteiger partial charge in [-0.2, -0.15) is 0 Å². The van der Waals surface area contributed by atoms with Gasteiger partial charge in [-0.1, -0.05) is 60.7 Å². The van der Waals surface area contributed by atoms with Crippen molar-refractivity contribution >= 4 is 11.8 Å². The topological polar surface area (TPSA) is 67.9 Å². The van der Waals surface area contributed by atoms with Gasteiger partial charge in [-0.15, -0.1) is 0 Å². The molecule has 6 nitrogen and oxygen atoms in total. The van der Waals surface area contributed by atoms with E-state index in [0.717, 1.165) is 16.7 Å². The van der Waals surface area contributed by atoms with E-state index in [4.69, 9.17) is 9.47 Å². The lowest BCUT2D eigenvalue weighted by Gasteiger charge is -2.21. The molecule has 34 heavy (non-hydrogen) atoms. The fourth-order valence-corrected chi connectivity index (χ4v) is 4.52. The first kappa shape index (κ1) is 23.4. The van der Waals surface area contributed by atoms with Gasteiger partial charge in [0.05, 0.1) is 26.6 Å². The Labute approximate surface area is 200 Å². The smallest absolute Gasteiger partial charge is 0.227 e. The summed E-state index contributed by atoms with van der Waals surface area (Å²) in [6, 6.07) is 25.1. The number of likely N-dealkylation sites (tertiary alicyclic amines) is 1. The largest absolute Gasteiger partial charge is 0.497 e. The van der Waals surface area contributed by atoms with Crippen molar-refractivity contribution in [3.8, 4) is 11.5 Å². The number of amides is 2. The van der Waals surface area contributed by atoms with E-state index in [0.29, 0.717) is 37.6 Å². The van der Waals surface area contributed by atoms with Gasteiger partial charge >= 0.3 is 0 Å². The lowest BCUT2D eigenvalue weighted by molar-refractivity contribution is -0.130. The zero-order valence-electron chi connectivity index (χ0n) is 19.6. The molecule has 3 aromatic carbocycles. The summed E-state index contributed by atoms with van der Waals surface area (Å²) in [5.74, 6) is 0.701. The standard InChI is InChI=1S/C28H30N2O4/c1-33-22-13-14-26(34-2)23(16-22)24-18-30(27(31)15-20-9-5-3-6-10-20)19-25(24)28(32)29-17-21-11-7-4-8-12-21/h3-14,16,24-25H,15,17-19H2,1-2H3,(H,29,32). The summed E-state index contributed by atoms with van der Waals surface area (Å²) in [7, 11) is 3.23. The van der Waals surface area contributed by atoms with Crippen LogP contribution in [0.3, 0.4) is 0 Å². The molecule has 1 saturated heterocycles. The van der Waals surface area contributed by atoms with Crippen molar-refractivity contribution in [3.63, 3.8) is 0 Å². The maximum atomic E-state index is 13.4. The molecule has 176 valence electrons. The minimum Gasteiger partial charge on any atom is -0.497 e. The summed E-state index contributed by atoms with van der Waals surface area (Å²) < 4.78 is 11.0. The molecular formula is C28H30N2O4. The van der Waals surface area contributed by atoms with Crippen molar-refractivity contribution in [1.29, 1.82) is 0 Å². The highest BCUT2D eigenvalue weighted by atomic mass is 16.5. The van der Waals surface area contributed by atoms with Crippen LogP contribution in [0.2, 0.25) is 0 Å². The number of methoxy groups -OCH3 is 2. The van der Waals surface area contributed by atoms with Gasteiger partial charge in [0, 0.05) is 31.1 Å². The summed E-state index contributed by atoms with van der Waals surface area (Å²) >= 11 is 0. The number of hydrogen-bond acceptors (Lipinski definition) is 4. The highest BCUT2D eigenvalue weighted by Crippen LogP contribution is 2.39. The van der Waals surface area contributed by atoms with Gasteiger partial charge in [0.2, 0.25) is 11.8 Å². The van der Waals surface area contributed by atoms with Crippen molar-refractivity contribution in [1.82, 2.24) is 10.2 Å². The second-order valence-corrected chi connectivity index (χ2v) is 8.49. The maximum absolute atomic E-state index is 13.4. The van der Waals surface area contributed by atoms with Gasteiger partial charge in [0.15, 0.2) is 0 Å². The molecular weight excluding hydrogens is 428 g/mol. The van der Waals surface area contributed by atoms with Crippen molar-refractivity contribution in [2.45, 2.75) is 18.9 Å². The van der Waals surface area contributed by atoms with E-state index in [1.54, 1.807) is 19.1 Å². The maximum Gasteiger partial charge on any atom is 0.227 e. The minimum absolute atomic E-state index is 0.0106. The molecule has 0 bridgehead atoms. The zero-order valence-corrected chi connectivity index (χ0v) is 19.6. The predicted molar refractivity (Wildman–Crippen MR) is 131 cm³/mol. The van der Waals surface area contributed by atoms with Crippen molar-refractivity contribution in [2.24, 2.45) is 5.92 Å². The molecule has 0 spiro atoms. The molecule has 1 aliphatic rings. The molecule has 0 saturated carbocycles. The Morgan fingerprint density at radius 1 is 0.882 bits per heavy atom. The molecule has 0 aliphatic carbocycles. The number of carbonyl (C=O) groups is 2. The molecule has 1 aliphatic heterocycles. The fraction of sp³-hybridized carbons (Fsp3) is 0.286. The van der Waals surface area contributed by atoms with E-state index in [9.17, 15) is 9.59 Å². The predicted octanol–water partition coefficient (Wildman–Crippen LogP) is 3.80. The second kappa shape index (κ2) is 10.9. The monoisotopic (exact) mass is 458 g/mol. The van der Waals surface area contributed by atoms with Gasteiger partial charge in [0.25, 0.3) is 0 Å². The summed E-state index contributed by atoms with van der Waals surface area (Å²) in [6.45, 7) is 1.24. The van der Waals surface area contributed by atoms with Crippen molar-refractivity contribution in [3.05, 3.63) is 95.6 Å². The van der Waals surface area contributed by atoms with E-state index < -0.39 is 5.92 Å². The van der Waals surface area contributed by atoms with Crippen molar-refractivity contribution in [2.75, 3.05) is 27.3 Å². The third kappa shape index (κ3) is 5.39. The van der Waals surface area contributed by atoms with Gasteiger partial charge < -0.3 is 19.7 Å². The van der Waals surface area contributed by atoms with Crippen LogP contribution in [0.25, 0.3) is 0 Å². The van der Waals surface area contributed by atoms with Gasteiger partial charge in [0.1, 0.15) is 11.5 Å². The highest BCUT2D eigenvalue weighted by molar-refractivity contribution is 5.84. The number of rotatable bonds is 8. The molecule has 4 rings (SSSR count). The SMILES string of the molecule is COc1ccc(OC)c(C2CN(C(=O)Cc3ccccc3)CC2C(=O)NCc2ccccc2)c1. The number of ether oxygens (including phenoxy) is 2. The Morgan fingerprint density at radius 2 is 1.56 bits per heavy atom. The summed E-state index contributed by atoms with van der Waals surface area (Å²) in [5.41, 5.74) is 2.86. The van der Waals surface area contributed by atoms with Crippen LogP contribution in [0.1, 0.15) is 22.6 Å². The van der Waals surface area contributed by atoms with E-state index in [1.807, 2.05) is 78.9 Å². The van der Waals surface area contributed by atoms with Gasteiger partial charge in [-0.3, -0.25) is 9.59 Å². The first-order valence-electron chi connectivity index (χ1n) is 11.4. The fourth-order valence-electron chi connectivity index (χ4n) is 4.52. The van der Waals surface area contributed by atoms with E-state index in [-0.39, 0.29) is 17.7 Å². The molecule has 1 heterocycles. The minimum atomic E-state index is -0.399. The molecule has 1 fully saturated rings. The molecule has 0 radical (unpaired) electrons. The molecule has 2 atom stereocenters. The summed E-state index contributed by atoms with van der Waals surface area (Å²) in [4.78, 5) is 28.3. The van der Waals surface area contributed by atoms with Crippen LogP contribution in [0.5, 0.6) is 11.5 Å². The molecule has 1 N–H and O–H groups in total. The van der Waals surface area contributed by atoms with Crippen LogP contribution in [0, 0.1) is 5.92 Å². The quantitative estimate of drug-likeness (QED) is 0.558. The average molecular weight is 459 g/mol. The van der Waals surface area contributed by atoms with E-state index >= 15 is 0 Å². The van der Waals surface area contributed by atoms with Crippen LogP contribution >= 0.6 is 0 Å². The average Bonchev–Trinajstić information content (AvgIpc) is 3.34. The Kier molecular flexibility index (Phi) is 7.48. The van der Waals surface area contributed by atoms with Crippen LogP contribution in [0.4, 0.5) is 0 Å². The number of hydrogen-bond donors (Lipinski definition) is 1. The van der Waals surface area contributed by atoms with E-state index in [2.05, 4.69) is 5.32 Å². The third-order valence-corrected chi connectivity index (χ3v) is 6.35. The molecule has 6 heteroatoms. The first-order valence-corrected chi connectivity index (χ1v) is 11.4. The highest BCUT2D eigenvalue weighted by Gasteiger charge is 2.41. The number of benzene rings is 3. The van der Waals surface area contributed by atoms with Crippen LogP contribution < -0.4 is 14.8 Å². The summed E-state index contributed by atoms with van der Waals surface area (Å²) in [6.07, 6.45) is 0.307. The summed E-state index contributed by atoms with van der Waals surface area (Å²) in [5, 5.41) is 3.07. The van der Waals surface area contributed by atoms with E-state index in [1.165, 1.54) is 0 Å². The molecule has 2 amide bonds. The number of nitrogens with one attached hydrogen (secondary N) is 1. The third-order valence-electron chi connectivity index (χ3n) is 6.35. The second-order valence-electron chi connectivity index (χ2n) is 8.49. The lowest BCUT2D eigenvalue weighted by Crippen LogP contribution is -2.35. The van der Waals surface area contributed by atoms with Gasteiger partial charge in [-0.25, -0.2) is 0 Å². The Morgan fingerprint density at radius 3 is 2.21 bits per heavy atom. The van der Waals surface area contributed by atoms with Crippen molar-refractivity contribution < 1.29 is 19.1 Å². The van der Waals surface area contributed by atoms with Crippen LogP contribution in [-0.4, -0.2) is 44.0 Å². The Balaban J connectivity index is 1.58. The Hall–Kier alpha value is -3.80. The molecule has 3 aromatic rings.